The summed E-state index contributed by atoms with van der Waals surface area (Å²) in [4.78, 5) is 2.12. The van der Waals surface area contributed by atoms with Crippen LogP contribution in [0.15, 0.2) is 24.3 Å². The smallest absolute Gasteiger partial charge is 0.0488 e. The molecule has 1 aromatic carbocycles. The Hall–Kier alpha value is -1.06. The van der Waals surface area contributed by atoms with Crippen LogP contribution in [0.4, 0.5) is 5.69 Å². The van der Waals surface area contributed by atoms with Crippen LogP contribution in [-0.2, 0) is 0 Å². The Bertz CT molecular complexity index is 353. The van der Waals surface area contributed by atoms with Crippen LogP contribution < -0.4 is 16.2 Å². The van der Waals surface area contributed by atoms with Crippen molar-refractivity contribution < 1.29 is 0 Å². The Kier molecular flexibility index (Phi) is 4.61. The third kappa shape index (κ3) is 3.03. The summed E-state index contributed by atoms with van der Waals surface area (Å²) in [5.41, 5.74) is 5.57. The van der Waals surface area contributed by atoms with Gasteiger partial charge in [0.05, 0.1) is 0 Å². The fraction of sp³-hybridized carbons (Fsp3) is 0.600. The van der Waals surface area contributed by atoms with Gasteiger partial charge >= 0.3 is 0 Å². The molecule has 0 spiro atoms. The van der Waals surface area contributed by atoms with Gasteiger partial charge in [-0.05, 0) is 36.5 Å². The Balaban J connectivity index is 2.11. The number of rotatable bonds is 4. The average Bonchev–Trinajstić information content (AvgIpc) is 2.41. The van der Waals surface area contributed by atoms with Gasteiger partial charge in [0.15, 0.2) is 0 Å². The van der Waals surface area contributed by atoms with E-state index in [1.54, 1.807) is 0 Å². The summed E-state index contributed by atoms with van der Waals surface area (Å²) in [5, 5.41) is 0. The Morgan fingerprint density at radius 3 is 2.22 bits per heavy atom. The van der Waals surface area contributed by atoms with Gasteiger partial charge in [0.2, 0.25) is 0 Å². The quantitative estimate of drug-likeness (QED) is 0.635. The summed E-state index contributed by atoms with van der Waals surface area (Å²) in [6.07, 6.45) is 6.67. The Morgan fingerprint density at radius 2 is 1.72 bits per heavy atom. The van der Waals surface area contributed by atoms with Gasteiger partial charge in [-0.3, -0.25) is 11.3 Å². The summed E-state index contributed by atoms with van der Waals surface area (Å²) in [7, 11) is 4.13. The summed E-state index contributed by atoms with van der Waals surface area (Å²) < 4.78 is 0. The van der Waals surface area contributed by atoms with E-state index in [4.69, 9.17) is 5.84 Å². The number of benzene rings is 1. The first-order valence-electron chi connectivity index (χ1n) is 6.96. The van der Waals surface area contributed by atoms with Crippen molar-refractivity contribution in [2.45, 2.75) is 38.1 Å². The highest BCUT2D eigenvalue weighted by Gasteiger charge is 2.23. The second-order valence-corrected chi connectivity index (χ2v) is 5.53. The number of nitrogens with one attached hydrogen (secondary N) is 1. The van der Waals surface area contributed by atoms with Crippen LogP contribution in [0, 0.1) is 5.92 Å². The maximum atomic E-state index is 5.77. The molecule has 0 amide bonds. The molecule has 3 nitrogen and oxygen atoms in total. The molecule has 0 heterocycles. The summed E-state index contributed by atoms with van der Waals surface area (Å²) in [5.74, 6) is 6.46. The third-order valence-corrected chi connectivity index (χ3v) is 4.07. The normalized spacial score (nSPS) is 18.6. The predicted octanol–water partition coefficient (Wildman–Crippen LogP) is 2.84. The second kappa shape index (κ2) is 6.21. The molecule has 100 valence electrons. The topological polar surface area (TPSA) is 41.3 Å². The van der Waals surface area contributed by atoms with E-state index in [0.29, 0.717) is 12.0 Å². The average molecular weight is 247 g/mol. The van der Waals surface area contributed by atoms with Gasteiger partial charge in [-0.25, -0.2) is 0 Å². The first-order valence-corrected chi connectivity index (χ1v) is 6.96. The van der Waals surface area contributed by atoms with Gasteiger partial charge in [0, 0.05) is 25.8 Å². The van der Waals surface area contributed by atoms with Gasteiger partial charge < -0.3 is 4.90 Å². The molecule has 0 saturated heterocycles. The lowest BCUT2D eigenvalue weighted by molar-refractivity contribution is 0.273. The highest BCUT2D eigenvalue weighted by Crippen LogP contribution is 2.34. The highest BCUT2D eigenvalue weighted by molar-refractivity contribution is 5.46. The van der Waals surface area contributed by atoms with Crippen molar-refractivity contribution in [3.8, 4) is 0 Å². The van der Waals surface area contributed by atoms with Crippen LogP contribution in [-0.4, -0.2) is 14.1 Å². The minimum Gasteiger partial charge on any atom is -0.378 e. The van der Waals surface area contributed by atoms with Crippen LogP contribution >= 0.6 is 0 Å². The lowest BCUT2D eigenvalue weighted by Crippen LogP contribution is -2.34. The Labute approximate surface area is 110 Å². The molecule has 0 aliphatic heterocycles. The second-order valence-electron chi connectivity index (χ2n) is 5.53. The molecule has 1 saturated carbocycles. The molecule has 1 aliphatic carbocycles. The van der Waals surface area contributed by atoms with Crippen LogP contribution in [0.3, 0.4) is 0 Å². The third-order valence-electron chi connectivity index (χ3n) is 4.07. The van der Waals surface area contributed by atoms with Crippen LogP contribution in [0.5, 0.6) is 0 Å². The summed E-state index contributed by atoms with van der Waals surface area (Å²) >= 11 is 0. The van der Waals surface area contributed by atoms with Crippen molar-refractivity contribution in [3.05, 3.63) is 29.8 Å². The first kappa shape index (κ1) is 13.4. The summed E-state index contributed by atoms with van der Waals surface area (Å²) in [6, 6.07) is 9.05. The van der Waals surface area contributed by atoms with E-state index < -0.39 is 0 Å². The zero-order valence-corrected chi connectivity index (χ0v) is 11.5. The number of nitrogens with zero attached hydrogens (tertiary/aromatic N) is 1. The van der Waals surface area contributed by atoms with E-state index in [1.807, 2.05) is 0 Å². The van der Waals surface area contributed by atoms with Crippen molar-refractivity contribution in [2.75, 3.05) is 19.0 Å². The zero-order chi connectivity index (χ0) is 13.0. The van der Waals surface area contributed by atoms with E-state index >= 15 is 0 Å². The highest BCUT2D eigenvalue weighted by atomic mass is 15.2. The van der Waals surface area contributed by atoms with Crippen molar-refractivity contribution >= 4 is 5.69 Å². The number of hydrogen-bond acceptors (Lipinski definition) is 3. The molecule has 3 heteroatoms. The molecule has 1 aliphatic rings. The Morgan fingerprint density at radius 1 is 1.11 bits per heavy atom. The molecule has 0 bridgehead atoms. The minimum absolute atomic E-state index is 0.307. The summed E-state index contributed by atoms with van der Waals surface area (Å²) in [6.45, 7) is 0. The van der Waals surface area contributed by atoms with Crippen LogP contribution in [0.25, 0.3) is 0 Å². The molecule has 1 atom stereocenters. The van der Waals surface area contributed by atoms with E-state index in [2.05, 4.69) is 48.7 Å². The van der Waals surface area contributed by atoms with Gasteiger partial charge in [-0.2, -0.15) is 0 Å². The minimum atomic E-state index is 0.307. The molecule has 0 radical (unpaired) electrons. The fourth-order valence-electron chi connectivity index (χ4n) is 2.95. The maximum absolute atomic E-state index is 5.77. The number of hydrazine groups is 1. The van der Waals surface area contributed by atoms with Crippen LogP contribution in [0.2, 0.25) is 0 Å². The van der Waals surface area contributed by atoms with E-state index in [0.717, 1.165) is 0 Å². The number of hydrogen-bond donors (Lipinski definition) is 2. The predicted molar refractivity (Wildman–Crippen MR) is 77.4 cm³/mol. The number of anilines is 1. The molecule has 1 aromatic rings. The molecule has 1 unspecified atom stereocenters. The molecule has 1 fully saturated rings. The molecular formula is C15H25N3. The van der Waals surface area contributed by atoms with Gasteiger partial charge in [0.25, 0.3) is 0 Å². The lowest BCUT2D eigenvalue weighted by atomic mass is 9.81. The SMILES string of the molecule is CN(C)c1ccc(C(NN)C2CCCCC2)cc1. The van der Waals surface area contributed by atoms with Crippen molar-refractivity contribution in [1.29, 1.82) is 0 Å². The van der Waals surface area contributed by atoms with E-state index in [-0.39, 0.29) is 0 Å². The van der Waals surface area contributed by atoms with Gasteiger partial charge in [-0.1, -0.05) is 31.4 Å². The van der Waals surface area contributed by atoms with Crippen molar-refractivity contribution in [2.24, 2.45) is 11.8 Å². The van der Waals surface area contributed by atoms with Crippen molar-refractivity contribution in [3.63, 3.8) is 0 Å². The number of nitrogens with two attached hydrogens (primary N) is 1. The van der Waals surface area contributed by atoms with E-state index in [9.17, 15) is 0 Å². The molecule has 3 N–H and O–H groups in total. The maximum Gasteiger partial charge on any atom is 0.0488 e. The largest absolute Gasteiger partial charge is 0.378 e. The first-order chi connectivity index (χ1) is 8.72. The molecule has 2 rings (SSSR count). The lowest BCUT2D eigenvalue weighted by Gasteiger charge is -2.30. The van der Waals surface area contributed by atoms with Crippen molar-refractivity contribution in [1.82, 2.24) is 5.43 Å². The molecule has 18 heavy (non-hydrogen) atoms. The zero-order valence-electron chi connectivity index (χ0n) is 11.5. The van der Waals surface area contributed by atoms with Gasteiger partial charge in [0.1, 0.15) is 0 Å². The fourth-order valence-corrected chi connectivity index (χ4v) is 2.95. The standard InChI is InChI=1S/C15H25N3/c1-18(2)14-10-8-13(9-11-14)15(17-16)12-6-4-3-5-7-12/h8-12,15,17H,3-7,16H2,1-2H3. The van der Waals surface area contributed by atoms with E-state index in [1.165, 1.54) is 43.4 Å². The molecule has 0 aromatic heterocycles. The molecular weight excluding hydrogens is 222 g/mol. The van der Waals surface area contributed by atoms with Crippen LogP contribution in [0.1, 0.15) is 43.7 Å². The van der Waals surface area contributed by atoms with Gasteiger partial charge in [-0.15, -0.1) is 0 Å². The monoisotopic (exact) mass is 247 g/mol.